The molecule has 0 aliphatic rings. The van der Waals surface area contributed by atoms with Gasteiger partial charge in [0.25, 0.3) is 0 Å². The molecule has 2 rings (SSSR count). The minimum Gasteiger partial charge on any atom is -0.265 e. The number of nitrogens with zero attached hydrogens (tertiary/aromatic N) is 4. The lowest BCUT2D eigenvalue weighted by atomic mass is 10.4. The summed E-state index contributed by atoms with van der Waals surface area (Å²) in [6, 6.07) is 3.58. The van der Waals surface area contributed by atoms with Gasteiger partial charge >= 0.3 is 0 Å². The van der Waals surface area contributed by atoms with Crippen LogP contribution in [0.25, 0.3) is 5.69 Å². The molecule has 0 aromatic carbocycles. The molecular formula is C11H15N5O2S. The van der Waals surface area contributed by atoms with Gasteiger partial charge in [-0.2, -0.15) is 0 Å². The first-order valence-electron chi connectivity index (χ1n) is 5.89. The zero-order valence-corrected chi connectivity index (χ0v) is 11.3. The summed E-state index contributed by atoms with van der Waals surface area (Å²) in [5.74, 6) is 0.117. The van der Waals surface area contributed by atoms with Crippen molar-refractivity contribution in [2.75, 3.05) is 5.75 Å². The van der Waals surface area contributed by atoms with Crippen LogP contribution in [0.1, 0.15) is 19.0 Å². The van der Waals surface area contributed by atoms with E-state index in [9.17, 15) is 8.42 Å². The predicted octanol–water partition coefficient (Wildman–Crippen LogP) is 0.492. The van der Waals surface area contributed by atoms with E-state index in [1.807, 2.05) is 6.92 Å². The summed E-state index contributed by atoms with van der Waals surface area (Å²) in [7, 11) is -3.22. The molecule has 0 fully saturated rings. The van der Waals surface area contributed by atoms with Crippen LogP contribution in [0.5, 0.6) is 0 Å². The van der Waals surface area contributed by atoms with Gasteiger partial charge in [0, 0.05) is 12.4 Å². The quantitative estimate of drug-likeness (QED) is 0.832. The topological polar surface area (TPSA) is 89.8 Å². The number of pyridine rings is 1. The number of hydrogen-bond acceptors (Lipinski definition) is 5. The second-order valence-corrected chi connectivity index (χ2v) is 5.93. The van der Waals surface area contributed by atoms with Gasteiger partial charge in [-0.15, -0.1) is 5.10 Å². The molecule has 0 atom stereocenters. The maximum atomic E-state index is 11.5. The summed E-state index contributed by atoms with van der Waals surface area (Å²) >= 11 is 0. The number of hydrogen-bond donors (Lipinski definition) is 1. The maximum Gasteiger partial charge on any atom is 0.211 e. The monoisotopic (exact) mass is 281 g/mol. The SMILES string of the molecule is CCCS(=O)(=O)NCc1cn(-c2ccncc2)nn1. The second-order valence-electron chi connectivity index (χ2n) is 4.00. The molecule has 0 spiro atoms. The molecule has 19 heavy (non-hydrogen) atoms. The van der Waals surface area contributed by atoms with Crippen molar-refractivity contribution >= 4 is 10.0 Å². The Bertz CT molecular complexity index is 624. The Morgan fingerprint density at radius 3 is 2.74 bits per heavy atom. The fourth-order valence-corrected chi connectivity index (χ4v) is 2.58. The lowest BCUT2D eigenvalue weighted by molar-refractivity contribution is 0.579. The minimum atomic E-state index is -3.22. The Morgan fingerprint density at radius 2 is 2.05 bits per heavy atom. The molecule has 2 heterocycles. The third-order valence-corrected chi connectivity index (χ3v) is 3.94. The fraction of sp³-hybridized carbons (Fsp3) is 0.364. The Kier molecular flexibility index (Phi) is 4.23. The first kappa shape index (κ1) is 13.6. The molecule has 1 N–H and O–H groups in total. The molecule has 0 aliphatic carbocycles. The molecule has 7 nitrogen and oxygen atoms in total. The van der Waals surface area contributed by atoms with Crippen LogP contribution < -0.4 is 4.72 Å². The largest absolute Gasteiger partial charge is 0.265 e. The van der Waals surface area contributed by atoms with Crippen LogP contribution in [0, 0.1) is 0 Å². The van der Waals surface area contributed by atoms with Crippen molar-refractivity contribution in [3.05, 3.63) is 36.4 Å². The van der Waals surface area contributed by atoms with Crippen LogP contribution in [-0.4, -0.2) is 34.1 Å². The number of aromatic nitrogens is 4. The molecule has 0 saturated carbocycles. The van der Waals surface area contributed by atoms with E-state index in [0.717, 1.165) is 5.69 Å². The Labute approximate surface area is 111 Å². The third kappa shape index (κ3) is 3.83. The number of nitrogens with one attached hydrogen (secondary N) is 1. The predicted molar refractivity (Wildman–Crippen MR) is 70.1 cm³/mol. The van der Waals surface area contributed by atoms with Gasteiger partial charge in [-0.25, -0.2) is 17.8 Å². The van der Waals surface area contributed by atoms with Crippen LogP contribution in [0.3, 0.4) is 0 Å². The molecule has 8 heteroatoms. The van der Waals surface area contributed by atoms with E-state index in [1.165, 1.54) is 0 Å². The Morgan fingerprint density at radius 1 is 1.32 bits per heavy atom. The molecule has 102 valence electrons. The van der Waals surface area contributed by atoms with Gasteiger partial charge in [-0.1, -0.05) is 12.1 Å². The van der Waals surface area contributed by atoms with Crippen molar-refractivity contribution in [3.8, 4) is 5.69 Å². The summed E-state index contributed by atoms with van der Waals surface area (Å²) in [5, 5.41) is 7.86. The van der Waals surface area contributed by atoms with Crippen molar-refractivity contribution in [1.29, 1.82) is 0 Å². The van der Waals surface area contributed by atoms with Crippen LogP contribution in [0.15, 0.2) is 30.7 Å². The summed E-state index contributed by atoms with van der Waals surface area (Å²) in [5.41, 5.74) is 1.39. The van der Waals surface area contributed by atoms with E-state index >= 15 is 0 Å². The Balaban J connectivity index is 2.03. The molecular weight excluding hydrogens is 266 g/mol. The number of rotatable bonds is 6. The van der Waals surface area contributed by atoms with Gasteiger partial charge in [-0.3, -0.25) is 4.98 Å². The highest BCUT2D eigenvalue weighted by molar-refractivity contribution is 7.89. The fourth-order valence-electron chi connectivity index (χ4n) is 1.53. The molecule has 0 radical (unpaired) electrons. The lowest BCUT2D eigenvalue weighted by Crippen LogP contribution is -2.25. The zero-order chi connectivity index (χ0) is 13.7. The van der Waals surface area contributed by atoms with Crippen LogP contribution >= 0.6 is 0 Å². The first-order valence-corrected chi connectivity index (χ1v) is 7.55. The summed E-state index contributed by atoms with van der Waals surface area (Å²) < 4.78 is 27.1. The van der Waals surface area contributed by atoms with Crippen LogP contribution in [0.2, 0.25) is 0 Å². The lowest BCUT2D eigenvalue weighted by Gasteiger charge is -2.02. The van der Waals surface area contributed by atoms with E-state index in [1.54, 1.807) is 35.4 Å². The molecule has 0 aliphatic heterocycles. The highest BCUT2D eigenvalue weighted by Gasteiger charge is 2.10. The minimum absolute atomic E-state index is 0.117. The third-order valence-electron chi connectivity index (χ3n) is 2.41. The summed E-state index contributed by atoms with van der Waals surface area (Å²) in [6.45, 7) is 1.96. The van der Waals surface area contributed by atoms with E-state index < -0.39 is 10.0 Å². The van der Waals surface area contributed by atoms with Crippen molar-refractivity contribution < 1.29 is 8.42 Å². The highest BCUT2D eigenvalue weighted by atomic mass is 32.2. The van der Waals surface area contributed by atoms with Gasteiger partial charge in [0.1, 0.15) is 0 Å². The van der Waals surface area contributed by atoms with Crippen molar-refractivity contribution in [2.24, 2.45) is 0 Å². The highest BCUT2D eigenvalue weighted by Crippen LogP contribution is 2.04. The van der Waals surface area contributed by atoms with Crippen molar-refractivity contribution in [2.45, 2.75) is 19.9 Å². The summed E-state index contributed by atoms with van der Waals surface area (Å²) in [6.07, 6.45) is 5.57. The number of sulfonamides is 1. The second kappa shape index (κ2) is 5.89. The summed E-state index contributed by atoms with van der Waals surface area (Å²) in [4.78, 5) is 3.91. The molecule has 0 bridgehead atoms. The zero-order valence-electron chi connectivity index (χ0n) is 10.5. The molecule has 2 aromatic rings. The average molecular weight is 281 g/mol. The Hall–Kier alpha value is -1.80. The van der Waals surface area contributed by atoms with E-state index in [4.69, 9.17) is 0 Å². The molecule has 2 aromatic heterocycles. The van der Waals surface area contributed by atoms with Crippen molar-refractivity contribution in [3.63, 3.8) is 0 Å². The van der Waals surface area contributed by atoms with E-state index in [2.05, 4.69) is 20.0 Å². The smallest absolute Gasteiger partial charge is 0.211 e. The van der Waals surface area contributed by atoms with E-state index in [-0.39, 0.29) is 12.3 Å². The molecule has 0 amide bonds. The van der Waals surface area contributed by atoms with Crippen molar-refractivity contribution in [1.82, 2.24) is 24.7 Å². The van der Waals surface area contributed by atoms with Crippen LogP contribution in [0.4, 0.5) is 0 Å². The van der Waals surface area contributed by atoms with Gasteiger partial charge in [-0.05, 0) is 18.6 Å². The molecule has 0 unspecified atom stereocenters. The standard InChI is InChI=1S/C11H15N5O2S/c1-2-7-19(17,18)13-8-10-9-16(15-14-10)11-3-5-12-6-4-11/h3-6,9,13H,2,7-8H2,1H3. The van der Waals surface area contributed by atoms with Gasteiger partial charge in [0.05, 0.1) is 29.9 Å². The normalized spacial score (nSPS) is 11.6. The van der Waals surface area contributed by atoms with Crippen LogP contribution in [-0.2, 0) is 16.6 Å². The molecule has 0 saturated heterocycles. The maximum absolute atomic E-state index is 11.5. The first-order chi connectivity index (χ1) is 9.11. The average Bonchev–Trinajstić information content (AvgIpc) is 2.86. The van der Waals surface area contributed by atoms with Gasteiger partial charge in [0.15, 0.2) is 0 Å². The van der Waals surface area contributed by atoms with Gasteiger partial charge < -0.3 is 0 Å². The van der Waals surface area contributed by atoms with E-state index in [0.29, 0.717) is 12.1 Å². The van der Waals surface area contributed by atoms with Gasteiger partial charge in [0.2, 0.25) is 10.0 Å².